The van der Waals surface area contributed by atoms with E-state index in [4.69, 9.17) is 0 Å². The molecule has 0 saturated carbocycles. The van der Waals surface area contributed by atoms with Gasteiger partial charge in [0.05, 0.1) is 4.90 Å². The van der Waals surface area contributed by atoms with Gasteiger partial charge < -0.3 is 9.47 Å². The van der Waals surface area contributed by atoms with Gasteiger partial charge >= 0.3 is 0 Å². The largest absolute Gasteiger partial charge is 0.347 e. The maximum atomic E-state index is 12.9. The Morgan fingerprint density at radius 1 is 1.07 bits per heavy atom. The van der Waals surface area contributed by atoms with Gasteiger partial charge in [0.2, 0.25) is 15.9 Å². The molecule has 0 bridgehead atoms. The molecule has 1 aliphatic heterocycles. The second-order valence-corrected chi connectivity index (χ2v) is 9.43. The monoisotopic (exact) mass is 425 g/mol. The Hall–Kier alpha value is -2.64. The van der Waals surface area contributed by atoms with Crippen molar-refractivity contribution in [3.8, 4) is 0 Å². The number of para-hydroxylation sites is 1. The molecule has 2 aromatic carbocycles. The molecule has 4 rings (SSSR count). The fourth-order valence-corrected chi connectivity index (χ4v) is 5.71. The lowest BCUT2D eigenvalue weighted by Gasteiger charge is -2.20. The Bertz CT molecular complexity index is 1180. The number of hydrogen-bond acceptors (Lipinski definition) is 3. The van der Waals surface area contributed by atoms with Gasteiger partial charge in [-0.1, -0.05) is 32.0 Å². The van der Waals surface area contributed by atoms with Crippen LogP contribution in [0.1, 0.15) is 25.8 Å². The summed E-state index contributed by atoms with van der Waals surface area (Å²) in [6.07, 6.45) is 3.09. The zero-order chi connectivity index (χ0) is 21.3. The van der Waals surface area contributed by atoms with Gasteiger partial charge in [-0.15, -0.1) is 0 Å². The number of rotatable bonds is 7. The molecule has 0 spiro atoms. The standard InChI is InChI=1S/C23H27N3O3S/c1-3-25(4-2)30(28,29)20-9-10-22-19(17-20)12-16-26(22)23(27)13-15-24-14-11-18-7-5-6-8-21(18)24/h5-11,14,17H,3-4,12-13,15-16H2,1-2H3. The van der Waals surface area contributed by atoms with Gasteiger partial charge in [-0.3, -0.25) is 4.79 Å². The molecule has 30 heavy (non-hydrogen) atoms. The molecule has 0 radical (unpaired) electrons. The summed E-state index contributed by atoms with van der Waals surface area (Å²) in [5.74, 6) is 0.0610. The second kappa shape index (κ2) is 8.24. The minimum Gasteiger partial charge on any atom is -0.347 e. The van der Waals surface area contributed by atoms with Crippen LogP contribution in [0.25, 0.3) is 10.9 Å². The number of aromatic nitrogens is 1. The van der Waals surface area contributed by atoms with Crippen LogP contribution in [0.15, 0.2) is 59.6 Å². The van der Waals surface area contributed by atoms with Crippen LogP contribution in [0, 0.1) is 0 Å². The molecule has 1 amide bonds. The van der Waals surface area contributed by atoms with E-state index in [1.54, 1.807) is 23.1 Å². The van der Waals surface area contributed by atoms with E-state index in [-0.39, 0.29) is 5.91 Å². The maximum Gasteiger partial charge on any atom is 0.243 e. The van der Waals surface area contributed by atoms with Crippen molar-refractivity contribution in [2.75, 3.05) is 24.5 Å². The zero-order valence-corrected chi connectivity index (χ0v) is 18.2. The fourth-order valence-electron chi connectivity index (χ4n) is 4.20. The molecule has 0 fully saturated rings. The van der Waals surface area contributed by atoms with Crippen LogP contribution in [0.4, 0.5) is 5.69 Å². The van der Waals surface area contributed by atoms with Crippen molar-refractivity contribution < 1.29 is 13.2 Å². The van der Waals surface area contributed by atoms with Crippen LogP contribution >= 0.6 is 0 Å². The minimum atomic E-state index is -3.49. The van der Waals surface area contributed by atoms with E-state index in [0.717, 1.165) is 16.8 Å². The van der Waals surface area contributed by atoms with E-state index in [1.165, 1.54) is 9.69 Å². The second-order valence-electron chi connectivity index (χ2n) is 7.49. The smallest absolute Gasteiger partial charge is 0.243 e. The molecule has 1 aliphatic rings. The third-order valence-electron chi connectivity index (χ3n) is 5.84. The van der Waals surface area contributed by atoms with E-state index >= 15 is 0 Å². The highest BCUT2D eigenvalue weighted by Crippen LogP contribution is 2.31. The van der Waals surface area contributed by atoms with E-state index in [9.17, 15) is 13.2 Å². The first-order valence-corrected chi connectivity index (χ1v) is 11.9. The number of amides is 1. The van der Waals surface area contributed by atoms with Crippen molar-refractivity contribution in [2.45, 2.75) is 38.1 Å². The topological polar surface area (TPSA) is 62.6 Å². The lowest BCUT2D eigenvalue weighted by molar-refractivity contribution is -0.118. The number of aryl methyl sites for hydroxylation is 1. The van der Waals surface area contributed by atoms with Crippen molar-refractivity contribution in [1.29, 1.82) is 0 Å². The maximum absolute atomic E-state index is 12.9. The Morgan fingerprint density at radius 2 is 1.83 bits per heavy atom. The highest BCUT2D eigenvalue weighted by Gasteiger charge is 2.28. The summed E-state index contributed by atoms with van der Waals surface area (Å²) in [6, 6.07) is 15.3. The summed E-state index contributed by atoms with van der Waals surface area (Å²) in [5.41, 5.74) is 2.87. The highest BCUT2D eigenvalue weighted by atomic mass is 32.2. The Morgan fingerprint density at radius 3 is 2.60 bits per heavy atom. The highest BCUT2D eigenvalue weighted by molar-refractivity contribution is 7.89. The average molecular weight is 426 g/mol. The zero-order valence-electron chi connectivity index (χ0n) is 17.4. The van der Waals surface area contributed by atoms with Crippen molar-refractivity contribution in [1.82, 2.24) is 8.87 Å². The van der Waals surface area contributed by atoms with Crippen molar-refractivity contribution in [3.05, 3.63) is 60.3 Å². The molecule has 0 atom stereocenters. The van der Waals surface area contributed by atoms with Crippen LogP contribution in [-0.4, -0.2) is 42.8 Å². The van der Waals surface area contributed by atoms with Gasteiger partial charge in [0.25, 0.3) is 0 Å². The van der Waals surface area contributed by atoms with Gasteiger partial charge in [-0.05, 0) is 47.7 Å². The molecule has 0 saturated heterocycles. The third-order valence-corrected chi connectivity index (χ3v) is 7.88. The van der Waals surface area contributed by atoms with Gasteiger partial charge in [-0.2, -0.15) is 4.31 Å². The molecule has 3 aromatic rings. The number of nitrogens with zero attached hydrogens (tertiary/aromatic N) is 3. The van der Waals surface area contributed by atoms with E-state index in [1.807, 2.05) is 32.2 Å². The summed E-state index contributed by atoms with van der Waals surface area (Å²) in [4.78, 5) is 15.0. The molecule has 158 valence electrons. The Labute approximate surface area is 177 Å². The number of benzene rings is 2. The summed E-state index contributed by atoms with van der Waals surface area (Å²) < 4.78 is 29.1. The summed E-state index contributed by atoms with van der Waals surface area (Å²) >= 11 is 0. The number of fused-ring (bicyclic) bond motifs is 2. The first-order valence-electron chi connectivity index (χ1n) is 10.4. The Kier molecular flexibility index (Phi) is 5.66. The molecular weight excluding hydrogens is 398 g/mol. The van der Waals surface area contributed by atoms with Gasteiger partial charge in [-0.25, -0.2) is 8.42 Å². The molecular formula is C23H27N3O3S. The minimum absolute atomic E-state index is 0.0610. The molecule has 0 N–H and O–H groups in total. The van der Waals surface area contributed by atoms with Crippen molar-refractivity contribution in [2.24, 2.45) is 0 Å². The van der Waals surface area contributed by atoms with Crippen molar-refractivity contribution >= 4 is 32.5 Å². The first-order chi connectivity index (χ1) is 14.5. The number of carbonyl (C=O) groups is 1. The molecule has 0 aliphatic carbocycles. The number of sulfonamides is 1. The SMILES string of the molecule is CCN(CC)S(=O)(=O)c1ccc2c(c1)CCN2C(=O)CCn1ccc2ccccc21. The number of anilines is 1. The van der Waals surface area contributed by atoms with Gasteiger partial charge in [0, 0.05) is 50.0 Å². The molecule has 2 heterocycles. The van der Waals surface area contributed by atoms with Crippen LogP contribution in [0.2, 0.25) is 0 Å². The third kappa shape index (κ3) is 3.63. The summed E-state index contributed by atoms with van der Waals surface area (Å²) in [6.45, 7) is 5.76. The van der Waals surface area contributed by atoms with Crippen LogP contribution in [0.5, 0.6) is 0 Å². The quantitative estimate of drug-likeness (QED) is 0.580. The molecule has 6 nitrogen and oxygen atoms in total. The Balaban J connectivity index is 1.50. The normalized spacial score (nSPS) is 13.9. The fraction of sp³-hybridized carbons (Fsp3) is 0.348. The first kappa shape index (κ1) is 20.6. The summed E-state index contributed by atoms with van der Waals surface area (Å²) in [5, 5.41) is 1.17. The van der Waals surface area contributed by atoms with E-state index < -0.39 is 10.0 Å². The van der Waals surface area contributed by atoms with Gasteiger partial charge in [0.15, 0.2) is 0 Å². The lowest BCUT2D eigenvalue weighted by Crippen LogP contribution is -2.31. The number of hydrogen-bond donors (Lipinski definition) is 0. The molecule has 0 unspecified atom stereocenters. The van der Waals surface area contributed by atoms with Crippen LogP contribution < -0.4 is 4.90 Å². The van der Waals surface area contributed by atoms with Crippen molar-refractivity contribution in [3.63, 3.8) is 0 Å². The molecule has 1 aromatic heterocycles. The summed E-state index contributed by atoms with van der Waals surface area (Å²) in [7, 11) is -3.49. The van der Waals surface area contributed by atoms with E-state index in [2.05, 4.69) is 22.8 Å². The molecule has 7 heteroatoms. The predicted molar refractivity (Wildman–Crippen MR) is 119 cm³/mol. The van der Waals surface area contributed by atoms with Crippen LogP contribution in [-0.2, 0) is 27.8 Å². The van der Waals surface area contributed by atoms with Gasteiger partial charge in [0.1, 0.15) is 0 Å². The average Bonchev–Trinajstić information content (AvgIpc) is 3.36. The van der Waals surface area contributed by atoms with E-state index in [0.29, 0.717) is 43.9 Å². The van der Waals surface area contributed by atoms with Crippen LogP contribution in [0.3, 0.4) is 0 Å². The lowest BCUT2D eigenvalue weighted by atomic mass is 10.2. The predicted octanol–water partition coefficient (Wildman–Crippen LogP) is 3.65. The number of carbonyl (C=O) groups excluding carboxylic acids is 1.